The maximum atomic E-state index is 8.81. The van der Waals surface area contributed by atoms with Crippen molar-refractivity contribution in [3.05, 3.63) is 47.4 Å². The number of benzene rings is 1. The number of hydrogen-bond acceptors (Lipinski definition) is 4. The summed E-state index contributed by atoms with van der Waals surface area (Å²) < 4.78 is 0. The zero-order valence-corrected chi connectivity index (χ0v) is 10.5. The fourth-order valence-electron chi connectivity index (χ4n) is 1.44. The minimum atomic E-state index is 0.222. The maximum Gasteiger partial charge on any atom is 0.233 e. The average Bonchev–Trinajstić information content (AvgIpc) is 2.28. The van der Waals surface area contributed by atoms with Gasteiger partial charge in [0, 0.05) is 10.6 Å². The molecule has 1 aromatic heterocycles. The van der Waals surface area contributed by atoms with E-state index in [1.807, 2.05) is 31.2 Å². The zero-order valence-electron chi connectivity index (χ0n) is 9.64. The van der Waals surface area contributed by atoms with Gasteiger partial charge in [0.2, 0.25) is 5.82 Å². The van der Waals surface area contributed by atoms with Crippen LogP contribution < -0.4 is 0 Å². The molecule has 4 heteroatoms. The van der Waals surface area contributed by atoms with Crippen molar-refractivity contribution in [3.8, 4) is 6.07 Å². The lowest BCUT2D eigenvalue weighted by Gasteiger charge is -2.03. The van der Waals surface area contributed by atoms with Gasteiger partial charge in [-0.3, -0.25) is 0 Å². The molecule has 1 heterocycles. The maximum absolute atomic E-state index is 8.81. The molecule has 0 amide bonds. The van der Waals surface area contributed by atoms with E-state index >= 15 is 0 Å². The van der Waals surface area contributed by atoms with E-state index in [4.69, 9.17) is 5.26 Å². The molecule has 2 rings (SSSR count). The van der Waals surface area contributed by atoms with Gasteiger partial charge in [-0.05, 0) is 32.0 Å². The first-order valence-electron chi connectivity index (χ1n) is 5.17. The molecule has 0 aliphatic rings. The smallest absolute Gasteiger partial charge is 0.224 e. The standard InChI is InChI=1S/C13H11N3S/c1-9-4-3-5-11(6-9)17-13-7-10(2)15-12(8-14)16-13/h3-7H,1-2H3. The van der Waals surface area contributed by atoms with Gasteiger partial charge in [0.1, 0.15) is 11.1 Å². The lowest BCUT2D eigenvalue weighted by atomic mass is 10.2. The Bertz CT molecular complexity index is 587. The molecule has 0 radical (unpaired) electrons. The highest BCUT2D eigenvalue weighted by Crippen LogP contribution is 2.26. The summed E-state index contributed by atoms with van der Waals surface area (Å²) >= 11 is 1.54. The number of hydrogen-bond donors (Lipinski definition) is 0. The minimum Gasteiger partial charge on any atom is -0.224 e. The van der Waals surface area contributed by atoms with Crippen LogP contribution >= 0.6 is 11.8 Å². The third-order valence-corrected chi connectivity index (χ3v) is 3.05. The largest absolute Gasteiger partial charge is 0.233 e. The lowest BCUT2D eigenvalue weighted by Crippen LogP contribution is -1.93. The molecule has 0 unspecified atom stereocenters. The number of aryl methyl sites for hydroxylation is 2. The summed E-state index contributed by atoms with van der Waals surface area (Å²) in [4.78, 5) is 9.31. The number of nitriles is 1. The van der Waals surface area contributed by atoms with E-state index in [0.717, 1.165) is 15.6 Å². The van der Waals surface area contributed by atoms with Gasteiger partial charge in [-0.1, -0.05) is 29.5 Å². The van der Waals surface area contributed by atoms with Crippen LogP contribution in [0, 0.1) is 25.2 Å². The van der Waals surface area contributed by atoms with Crippen molar-refractivity contribution in [3.63, 3.8) is 0 Å². The molecule has 0 bridgehead atoms. The van der Waals surface area contributed by atoms with E-state index in [1.54, 1.807) is 11.8 Å². The van der Waals surface area contributed by atoms with Crippen molar-refractivity contribution in [1.82, 2.24) is 9.97 Å². The topological polar surface area (TPSA) is 49.6 Å². The summed E-state index contributed by atoms with van der Waals surface area (Å²) in [5, 5.41) is 9.62. The molecule has 0 saturated heterocycles. The SMILES string of the molecule is Cc1cccc(Sc2cc(C)nc(C#N)n2)c1. The van der Waals surface area contributed by atoms with Crippen LogP contribution in [0.5, 0.6) is 0 Å². The quantitative estimate of drug-likeness (QED) is 0.758. The third kappa shape index (κ3) is 3.05. The molecule has 0 atom stereocenters. The highest BCUT2D eigenvalue weighted by atomic mass is 32.2. The van der Waals surface area contributed by atoms with E-state index in [-0.39, 0.29) is 5.82 Å². The second-order valence-corrected chi connectivity index (χ2v) is 4.80. The van der Waals surface area contributed by atoms with Crippen LogP contribution in [-0.4, -0.2) is 9.97 Å². The molecule has 0 aliphatic carbocycles. The van der Waals surface area contributed by atoms with Gasteiger partial charge in [-0.15, -0.1) is 0 Å². The Hall–Kier alpha value is -1.86. The summed E-state index contributed by atoms with van der Waals surface area (Å²) in [7, 11) is 0. The average molecular weight is 241 g/mol. The van der Waals surface area contributed by atoms with Gasteiger partial charge in [0.25, 0.3) is 0 Å². The molecule has 0 saturated carbocycles. The van der Waals surface area contributed by atoms with Gasteiger partial charge in [0.05, 0.1) is 0 Å². The first-order valence-corrected chi connectivity index (χ1v) is 5.99. The predicted molar refractivity (Wildman–Crippen MR) is 66.8 cm³/mol. The molecule has 84 valence electrons. The first-order chi connectivity index (χ1) is 8.17. The predicted octanol–water partition coefficient (Wildman–Crippen LogP) is 3.12. The summed E-state index contributed by atoms with van der Waals surface area (Å²) in [5.74, 6) is 0.222. The van der Waals surface area contributed by atoms with Crippen LogP contribution in [0.15, 0.2) is 40.3 Å². The van der Waals surface area contributed by atoms with Crippen LogP contribution in [0.3, 0.4) is 0 Å². The van der Waals surface area contributed by atoms with E-state index in [9.17, 15) is 0 Å². The van der Waals surface area contributed by atoms with Crippen molar-refractivity contribution in [1.29, 1.82) is 5.26 Å². The molecule has 0 fully saturated rings. The van der Waals surface area contributed by atoms with Crippen molar-refractivity contribution >= 4 is 11.8 Å². The van der Waals surface area contributed by atoms with Gasteiger partial charge >= 0.3 is 0 Å². The van der Waals surface area contributed by atoms with E-state index in [2.05, 4.69) is 29.0 Å². The zero-order chi connectivity index (χ0) is 12.3. The lowest BCUT2D eigenvalue weighted by molar-refractivity contribution is 0.975. The number of nitrogens with zero attached hydrogens (tertiary/aromatic N) is 3. The summed E-state index contributed by atoms with van der Waals surface area (Å²) in [6, 6.07) is 12.0. The summed E-state index contributed by atoms with van der Waals surface area (Å²) in [6.45, 7) is 3.92. The van der Waals surface area contributed by atoms with Crippen LogP contribution in [0.4, 0.5) is 0 Å². The molecule has 3 nitrogen and oxygen atoms in total. The Morgan fingerprint density at radius 1 is 1.18 bits per heavy atom. The highest BCUT2D eigenvalue weighted by molar-refractivity contribution is 7.99. The molecule has 0 N–H and O–H groups in total. The fourth-order valence-corrected chi connectivity index (χ4v) is 2.44. The molecule has 0 spiro atoms. The normalized spacial score (nSPS) is 9.94. The Morgan fingerprint density at radius 3 is 2.71 bits per heavy atom. The molecule has 1 aromatic carbocycles. The Balaban J connectivity index is 2.30. The summed E-state index contributed by atoms with van der Waals surface area (Å²) in [6.07, 6.45) is 0. The van der Waals surface area contributed by atoms with Crippen molar-refractivity contribution < 1.29 is 0 Å². The van der Waals surface area contributed by atoms with Crippen LogP contribution in [0.1, 0.15) is 17.1 Å². The van der Waals surface area contributed by atoms with Gasteiger partial charge in [-0.25, -0.2) is 9.97 Å². The molecule has 0 aliphatic heterocycles. The molecular formula is C13H11N3S. The van der Waals surface area contributed by atoms with Crippen LogP contribution in [-0.2, 0) is 0 Å². The van der Waals surface area contributed by atoms with Gasteiger partial charge in [-0.2, -0.15) is 5.26 Å². The highest BCUT2D eigenvalue weighted by Gasteiger charge is 2.03. The van der Waals surface area contributed by atoms with E-state index in [1.165, 1.54) is 5.56 Å². The van der Waals surface area contributed by atoms with E-state index < -0.39 is 0 Å². The Labute approximate surface area is 105 Å². The van der Waals surface area contributed by atoms with Crippen LogP contribution in [0.2, 0.25) is 0 Å². The summed E-state index contributed by atoms with van der Waals surface area (Å²) in [5.41, 5.74) is 2.02. The number of rotatable bonds is 2. The van der Waals surface area contributed by atoms with Gasteiger partial charge in [0.15, 0.2) is 0 Å². The van der Waals surface area contributed by atoms with Gasteiger partial charge < -0.3 is 0 Å². The number of aromatic nitrogens is 2. The van der Waals surface area contributed by atoms with Crippen LogP contribution in [0.25, 0.3) is 0 Å². The van der Waals surface area contributed by atoms with Crippen molar-refractivity contribution in [2.24, 2.45) is 0 Å². The monoisotopic (exact) mass is 241 g/mol. The molecule has 2 aromatic rings. The molecule has 17 heavy (non-hydrogen) atoms. The second kappa shape index (κ2) is 4.98. The second-order valence-electron chi connectivity index (χ2n) is 3.70. The van der Waals surface area contributed by atoms with Crippen molar-refractivity contribution in [2.75, 3.05) is 0 Å². The van der Waals surface area contributed by atoms with E-state index in [0.29, 0.717) is 0 Å². The molecular weight excluding hydrogens is 230 g/mol. The Morgan fingerprint density at radius 2 is 2.00 bits per heavy atom. The fraction of sp³-hybridized carbons (Fsp3) is 0.154. The Kier molecular flexibility index (Phi) is 3.40. The first kappa shape index (κ1) is 11.6. The third-order valence-electron chi connectivity index (χ3n) is 2.14. The minimum absolute atomic E-state index is 0.222. The van der Waals surface area contributed by atoms with Crippen molar-refractivity contribution in [2.45, 2.75) is 23.8 Å².